The van der Waals surface area contributed by atoms with Crippen molar-refractivity contribution in [3.05, 3.63) is 35.4 Å². The molecule has 94 valence electrons. The van der Waals surface area contributed by atoms with Crippen LogP contribution in [0.25, 0.3) is 0 Å². The van der Waals surface area contributed by atoms with E-state index in [9.17, 15) is 0 Å². The Hall–Kier alpha value is -0.900. The molecule has 17 heavy (non-hydrogen) atoms. The predicted octanol–water partition coefficient (Wildman–Crippen LogP) is 1.72. The third kappa shape index (κ3) is 3.06. The molecule has 2 unspecified atom stereocenters. The van der Waals surface area contributed by atoms with E-state index in [1.165, 1.54) is 11.1 Å². The van der Waals surface area contributed by atoms with Crippen molar-refractivity contribution >= 4 is 0 Å². The number of nitrogens with zero attached hydrogens (tertiary/aromatic N) is 1. The monoisotopic (exact) mass is 234 g/mol. The van der Waals surface area contributed by atoms with Gasteiger partial charge in [0.25, 0.3) is 0 Å². The Morgan fingerprint density at radius 3 is 2.88 bits per heavy atom. The molecule has 0 amide bonds. The fourth-order valence-corrected chi connectivity index (χ4v) is 2.53. The average molecular weight is 234 g/mol. The molecule has 1 heterocycles. The van der Waals surface area contributed by atoms with Crippen molar-refractivity contribution in [3.63, 3.8) is 0 Å². The van der Waals surface area contributed by atoms with Gasteiger partial charge in [-0.1, -0.05) is 24.3 Å². The largest absolute Gasteiger partial charge is 0.380 e. The summed E-state index contributed by atoms with van der Waals surface area (Å²) in [7, 11) is 1.79. The van der Waals surface area contributed by atoms with Gasteiger partial charge in [0.15, 0.2) is 0 Å². The molecular formula is C14H22N2O. The summed E-state index contributed by atoms with van der Waals surface area (Å²) in [6.45, 7) is 5.15. The van der Waals surface area contributed by atoms with Gasteiger partial charge >= 0.3 is 0 Å². The van der Waals surface area contributed by atoms with E-state index in [2.05, 4.69) is 36.1 Å². The molecule has 0 bridgehead atoms. The van der Waals surface area contributed by atoms with Gasteiger partial charge in [-0.15, -0.1) is 0 Å². The topological polar surface area (TPSA) is 38.5 Å². The van der Waals surface area contributed by atoms with E-state index < -0.39 is 0 Å². The summed E-state index contributed by atoms with van der Waals surface area (Å²) >= 11 is 0. The lowest BCUT2D eigenvalue weighted by Gasteiger charge is -2.22. The van der Waals surface area contributed by atoms with E-state index in [-0.39, 0.29) is 6.04 Å². The van der Waals surface area contributed by atoms with Crippen LogP contribution in [0.1, 0.15) is 23.6 Å². The van der Waals surface area contributed by atoms with Gasteiger partial charge in [0.1, 0.15) is 0 Å². The summed E-state index contributed by atoms with van der Waals surface area (Å²) in [5.74, 6) is 0. The van der Waals surface area contributed by atoms with E-state index in [0.717, 1.165) is 26.1 Å². The molecule has 2 N–H and O–H groups in total. The lowest BCUT2D eigenvalue weighted by Crippen LogP contribution is -2.31. The highest BCUT2D eigenvalue weighted by Crippen LogP contribution is 2.19. The standard InChI is InChI=1S/C14H22N2O/c1-11-5-3-4-6-13(11)14(15)10-16-8-7-12(9-16)17-2/h3-6,12,14H,7-10,15H2,1-2H3. The van der Waals surface area contributed by atoms with Gasteiger partial charge in [-0.2, -0.15) is 0 Å². The number of methoxy groups -OCH3 is 1. The van der Waals surface area contributed by atoms with E-state index in [0.29, 0.717) is 6.10 Å². The van der Waals surface area contributed by atoms with Crippen molar-refractivity contribution in [2.75, 3.05) is 26.7 Å². The predicted molar refractivity (Wildman–Crippen MR) is 70.0 cm³/mol. The Morgan fingerprint density at radius 2 is 2.24 bits per heavy atom. The zero-order valence-corrected chi connectivity index (χ0v) is 10.7. The smallest absolute Gasteiger partial charge is 0.0710 e. The van der Waals surface area contributed by atoms with Gasteiger partial charge in [-0.05, 0) is 24.5 Å². The van der Waals surface area contributed by atoms with Gasteiger partial charge in [-0.3, -0.25) is 4.90 Å². The second-order valence-electron chi connectivity index (χ2n) is 4.87. The molecule has 1 aliphatic heterocycles. The van der Waals surface area contributed by atoms with Gasteiger partial charge in [0, 0.05) is 32.8 Å². The van der Waals surface area contributed by atoms with Crippen LogP contribution in [-0.4, -0.2) is 37.7 Å². The first-order valence-electron chi connectivity index (χ1n) is 6.27. The maximum Gasteiger partial charge on any atom is 0.0710 e. The molecule has 2 rings (SSSR count). The molecule has 0 aliphatic carbocycles. The first kappa shape index (κ1) is 12.6. The summed E-state index contributed by atoms with van der Waals surface area (Å²) < 4.78 is 5.37. The molecule has 2 atom stereocenters. The number of likely N-dealkylation sites (tertiary alicyclic amines) is 1. The van der Waals surface area contributed by atoms with Gasteiger partial charge < -0.3 is 10.5 Å². The zero-order valence-electron chi connectivity index (χ0n) is 10.7. The van der Waals surface area contributed by atoms with E-state index in [1.807, 2.05) is 0 Å². The Kier molecular flexibility index (Phi) is 4.15. The van der Waals surface area contributed by atoms with E-state index in [4.69, 9.17) is 10.5 Å². The Bertz CT molecular complexity index is 367. The fraction of sp³-hybridized carbons (Fsp3) is 0.571. The fourth-order valence-electron chi connectivity index (χ4n) is 2.53. The molecule has 1 fully saturated rings. The van der Waals surface area contributed by atoms with Crippen molar-refractivity contribution in [1.29, 1.82) is 0 Å². The second-order valence-corrected chi connectivity index (χ2v) is 4.87. The number of ether oxygens (including phenoxy) is 1. The van der Waals surface area contributed by atoms with Crippen molar-refractivity contribution < 1.29 is 4.74 Å². The molecule has 1 aromatic rings. The first-order valence-corrected chi connectivity index (χ1v) is 6.27. The van der Waals surface area contributed by atoms with Gasteiger partial charge in [0.2, 0.25) is 0 Å². The molecule has 1 aromatic carbocycles. The zero-order chi connectivity index (χ0) is 12.3. The second kappa shape index (κ2) is 5.63. The summed E-state index contributed by atoms with van der Waals surface area (Å²) in [6, 6.07) is 8.47. The van der Waals surface area contributed by atoms with Crippen molar-refractivity contribution in [1.82, 2.24) is 4.90 Å². The summed E-state index contributed by atoms with van der Waals surface area (Å²) in [5.41, 5.74) is 8.82. The quantitative estimate of drug-likeness (QED) is 0.862. The number of benzene rings is 1. The first-order chi connectivity index (χ1) is 8.20. The molecule has 1 aliphatic rings. The molecule has 3 heteroatoms. The highest BCUT2D eigenvalue weighted by Gasteiger charge is 2.23. The van der Waals surface area contributed by atoms with Crippen LogP contribution in [0.2, 0.25) is 0 Å². The number of aryl methyl sites for hydroxylation is 1. The lowest BCUT2D eigenvalue weighted by molar-refractivity contribution is 0.107. The van der Waals surface area contributed by atoms with Crippen molar-refractivity contribution in [2.24, 2.45) is 5.73 Å². The van der Waals surface area contributed by atoms with Crippen LogP contribution in [0.15, 0.2) is 24.3 Å². The maximum atomic E-state index is 6.28. The normalized spacial score (nSPS) is 22.9. The summed E-state index contributed by atoms with van der Waals surface area (Å²) in [5, 5.41) is 0. The Morgan fingerprint density at radius 1 is 1.47 bits per heavy atom. The molecule has 3 nitrogen and oxygen atoms in total. The molecular weight excluding hydrogens is 212 g/mol. The third-order valence-corrected chi connectivity index (χ3v) is 3.61. The van der Waals surface area contributed by atoms with Crippen LogP contribution in [0.4, 0.5) is 0 Å². The van der Waals surface area contributed by atoms with Crippen LogP contribution in [0, 0.1) is 6.92 Å². The number of hydrogen-bond donors (Lipinski definition) is 1. The number of rotatable bonds is 4. The highest BCUT2D eigenvalue weighted by molar-refractivity contribution is 5.28. The Balaban J connectivity index is 1.94. The van der Waals surface area contributed by atoms with Crippen molar-refractivity contribution in [2.45, 2.75) is 25.5 Å². The van der Waals surface area contributed by atoms with Crippen LogP contribution in [0.3, 0.4) is 0 Å². The van der Waals surface area contributed by atoms with Gasteiger partial charge in [0.05, 0.1) is 6.10 Å². The summed E-state index contributed by atoms with van der Waals surface area (Å²) in [4.78, 5) is 2.39. The SMILES string of the molecule is COC1CCN(CC(N)c2ccccc2C)C1. The molecule has 1 saturated heterocycles. The van der Waals surface area contributed by atoms with E-state index >= 15 is 0 Å². The van der Waals surface area contributed by atoms with Gasteiger partial charge in [-0.25, -0.2) is 0 Å². The third-order valence-electron chi connectivity index (χ3n) is 3.61. The minimum atomic E-state index is 0.104. The van der Waals surface area contributed by atoms with Crippen molar-refractivity contribution in [3.8, 4) is 0 Å². The van der Waals surface area contributed by atoms with Crippen LogP contribution in [0.5, 0.6) is 0 Å². The van der Waals surface area contributed by atoms with Crippen LogP contribution >= 0.6 is 0 Å². The number of hydrogen-bond acceptors (Lipinski definition) is 3. The molecule has 0 spiro atoms. The maximum absolute atomic E-state index is 6.28. The minimum absolute atomic E-state index is 0.104. The van der Waals surface area contributed by atoms with Crippen LogP contribution in [-0.2, 0) is 4.74 Å². The average Bonchev–Trinajstić information content (AvgIpc) is 2.77. The summed E-state index contributed by atoms with van der Waals surface area (Å²) in [6.07, 6.45) is 1.51. The molecule has 0 saturated carbocycles. The Labute approximate surface area is 104 Å². The minimum Gasteiger partial charge on any atom is -0.380 e. The number of nitrogens with two attached hydrogens (primary N) is 1. The molecule has 0 aromatic heterocycles. The highest BCUT2D eigenvalue weighted by atomic mass is 16.5. The lowest BCUT2D eigenvalue weighted by atomic mass is 10.0. The van der Waals surface area contributed by atoms with E-state index in [1.54, 1.807) is 7.11 Å². The van der Waals surface area contributed by atoms with Crippen LogP contribution < -0.4 is 5.73 Å². The molecule has 0 radical (unpaired) electrons.